The van der Waals surface area contributed by atoms with Gasteiger partial charge in [-0.1, -0.05) is 13.8 Å². The highest BCUT2D eigenvalue weighted by Crippen LogP contribution is 2.67. The normalized spacial score (nSPS) is 48.9. The molecule has 0 bridgehead atoms. The predicted octanol–water partition coefficient (Wildman–Crippen LogP) is 3.19. The largest absolute Gasteiger partial charge is 0.462 e. The number of hydrogen-bond donors (Lipinski definition) is 1. The van der Waals surface area contributed by atoms with Crippen molar-refractivity contribution < 1.29 is 29.0 Å². The molecule has 0 radical (unpaired) electrons. The zero-order valence-corrected chi connectivity index (χ0v) is 18.0. The maximum absolute atomic E-state index is 12.7. The van der Waals surface area contributed by atoms with Crippen LogP contribution < -0.4 is 0 Å². The molecule has 8 atom stereocenters. The summed E-state index contributed by atoms with van der Waals surface area (Å²) in [4.78, 5) is 36.1. The van der Waals surface area contributed by atoms with E-state index < -0.39 is 23.1 Å². The Bertz CT molecular complexity index is 733. The van der Waals surface area contributed by atoms with E-state index in [1.54, 1.807) is 0 Å². The van der Waals surface area contributed by atoms with Crippen molar-refractivity contribution >= 4 is 17.7 Å². The number of carbonyl (C=O) groups excluding carboxylic acids is 3. The van der Waals surface area contributed by atoms with Crippen molar-refractivity contribution in [2.45, 2.75) is 96.9 Å². The van der Waals surface area contributed by atoms with Gasteiger partial charge in [-0.25, -0.2) is 0 Å². The lowest BCUT2D eigenvalue weighted by Crippen LogP contribution is -2.69. The minimum atomic E-state index is -1.23. The number of rotatable bonds is 2. The Labute approximate surface area is 172 Å². The quantitative estimate of drug-likeness (QED) is 0.709. The van der Waals surface area contributed by atoms with Crippen LogP contribution in [0.4, 0.5) is 0 Å². The summed E-state index contributed by atoms with van der Waals surface area (Å²) in [7, 11) is 0. The SMILES string of the molecule is CC(=O)OC1CCC2(C)C3CCC4(C)C(=O)CCC4C3C[C@H](OC(C)=O)[C@@]2(O)C1. The van der Waals surface area contributed by atoms with Gasteiger partial charge in [0.2, 0.25) is 0 Å². The monoisotopic (exact) mass is 406 g/mol. The third-order valence-corrected chi connectivity index (χ3v) is 9.14. The maximum atomic E-state index is 12.7. The molecule has 0 spiro atoms. The van der Waals surface area contributed by atoms with Crippen LogP contribution in [0.25, 0.3) is 0 Å². The number of ketones is 1. The van der Waals surface area contributed by atoms with Crippen molar-refractivity contribution in [3.05, 3.63) is 0 Å². The number of aliphatic hydroxyl groups is 1. The molecule has 0 amide bonds. The van der Waals surface area contributed by atoms with Crippen molar-refractivity contribution in [2.75, 3.05) is 0 Å². The fourth-order valence-corrected chi connectivity index (χ4v) is 7.67. The highest BCUT2D eigenvalue weighted by Gasteiger charge is 2.68. The second kappa shape index (κ2) is 6.79. The first kappa shape index (κ1) is 20.8. The van der Waals surface area contributed by atoms with E-state index in [0.29, 0.717) is 37.4 Å². The third-order valence-electron chi connectivity index (χ3n) is 9.14. The molecule has 4 aliphatic rings. The van der Waals surface area contributed by atoms with E-state index in [9.17, 15) is 19.5 Å². The Morgan fingerprint density at radius 3 is 2.34 bits per heavy atom. The third kappa shape index (κ3) is 2.96. The van der Waals surface area contributed by atoms with Crippen molar-refractivity contribution in [1.82, 2.24) is 0 Å². The zero-order chi connectivity index (χ0) is 21.2. The van der Waals surface area contributed by atoms with Gasteiger partial charge in [-0.3, -0.25) is 14.4 Å². The van der Waals surface area contributed by atoms with E-state index in [1.807, 2.05) is 0 Å². The van der Waals surface area contributed by atoms with Crippen LogP contribution in [0.3, 0.4) is 0 Å². The molecule has 0 aromatic heterocycles. The average molecular weight is 407 g/mol. The van der Waals surface area contributed by atoms with Crippen molar-refractivity contribution in [2.24, 2.45) is 28.6 Å². The Morgan fingerprint density at radius 2 is 1.69 bits per heavy atom. The second-order valence-electron chi connectivity index (χ2n) is 10.4. The zero-order valence-electron chi connectivity index (χ0n) is 18.0. The molecule has 0 heterocycles. The number of carbonyl (C=O) groups is 3. The highest BCUT2D eigenvalue weighted by atomic mass is 16.6. The second-order valence-corrected chi connectivity index (χ2v) is 10.4. The van der Waals surface area contributed by atoms with E-state index in [-0.39, 0.29) is 29.3 Å². The van der Waals surface area contributed by atoms with Crippen LogP contribution in [-0.4, -0.2) is 40.6 Å². The summed E-state index contributed by atoms with van der Waals surface area (Å²) in [6.45, 7) is 7.01. The molecule has 4 fully saturated rings. The van der Waals surface area contributed by atoms with E-state index >= 15 is 0 Å². The smallest absolute Gasteiger partial charge is 0.303 e. The summed E-state index contributed by atoms with van der Waals surface area (Å²) < 4.78 is 11.2. The van der Waals surface area contributed by atoms with Crippen molar-refractivity contribution in [3.63, 3.8) is 0 Å². The minimum absolute atomic E-state index is 0.264. The van der Waals surface area contributed by atoms with Crippen molar-refractivity contribution in [3.8, 4) is 0 Å². The lowest BCUT2D eigenvalue weighted by atomic mass is 9.43. The fourth-order valence-electron chi connectivity index (χ4n) is 7.67. The Hall–Kier alpha value is -1.43. The number of hydrogen-bond acceptors (Lipinski definition) is 6. The summed E-state index contributed by atoms with van der Waals surface area (Å²) in [5.74, 6) is 0.452. The van der Waals surface area contributed by atoms with Gasteiger partial charge in [-0.05, 0) is 56.3 Å². The Morgan fingerprint density at radius 1 is 1.00 bits per heavy atom. The molecule has 0 aromatic carbocycles. The lowest BCUT2D eigenvalue weighted by Gasteiger charge is -2.65. The van der Waals surface area contributed by atoms with Gasteiger partial charge in [-0.15, -0.1) is 0 Å². The van der Waals surface area contributed by atoms with Gasteiger partial charge in [0.05, 0.1) is 0 Å². The molecule has 4 aliphatic carbocycles. The molecule has 0 aliphatic heterocycles. The van der Waals surface area contributed by atoms with Gasteiger partial charge in [0.15, 0.2) is 0 Å². The first-order chi connectivity index (χ1) is 13.5. The molecule has 29 heavy (non-hydrogen) atoms. The molecule has 0 saturated heterocycles. The number of fused-ring (bicyclic) bond motifs is 5. The van der Waals surface area contributed by atoms with Crippen LogP contribution in [-0.2, 0) is 23.9 Å². The van der Waals surface area contributed by atoms with Gasteiger partial charge < -0.3 is 14.6 Å². The highest BCUT2D eigenvalue weighted by molar-refractivity contribution is 5.87. The molecule has 6 unspecified atom stereocenters. The first-order valence-electron chi connectivity index (χ1n) is 11.1. The minimum Gasteiger partial charge on any atom is -0.462 e. The lowest BCUT2D eigenvalue weighted by molar-refractivity contribution is -0.269. The van der Waals surface area contributed by atoms with Gasteiger partial charge >= 0.3 is 11.9 Å². The van der Waals surface area contributed by atoms with Crippen LogP contribution in [0.5, 0.6) is 0 Å². The summed E-state index contributed by atoms with van der Waals surface area (Å²) in [6, 6.07) is 0. The number of ether oxygens (including phenoxy) is 2. The standard InChI is InChI=1S/C23H34O6/c1-13(24)28-15-7-10-22(4)18-8-9-21(3)17(5-6-19(21)26)16(18)11-20(29-14(2)25)23(22,27)12-15/h15-18,20,27H,5-12H2,1-4H3/t15?,16?,17?,18?,20-,21?,22?,23-/m0/s1. The van der Waals surface area contributed by atoms with Crippen LogP contribution in [0.1, 0.15) is 79.1 Å². The average Bonchev–Trinajstić information content (AvgIpc) is 2.92. The fraction of sp³-hybridized carbons (Fsp3) is 0.870. The first-order valence-corrected chi connectivity index (χ1v) is 11.1. The van der Waals surface area contributed by atoms with Crippen molar-refractivity contribution in [1.29, 1.82) is 0 Å². The van der Waals surface area contributed by atoms with Gasteiger partial charge in [0.1, 0.15) is 23.6 Å². The van der Waals surface area contributed by atoms with Crippen LogP contribution >= 0.6 is 0 Å². The summed E-state index contributed by atoms with van der Waals surface area (Å²) in [6.07, 6.45) is 4.62. The van der Waals surface area contributed by atoms with Gasteiger partial charge in [0.25, 0.3) is 0 Å². The van der Waals surface area contributed by atoms with E-state index in [0.717, 1.165) is 25.7 Å². The topological polar surface area (TPSA) is 89.9 Å². The summed E-state index contributed by atoms with van der Waals surface area (Å²) >= 11 is 0. The van der Waals surface area contributed by atoms with Crippen LogP contribution in [0.2, 0.25) is 0 Å². The number of Topliss-reactive ketones (excluding diaryl/α,β-unsaturated/α-hetero) is 1. The maximum Gasteiger partial charge on any atom is 0.303 e. The molecule has 1 N–H and O–H groups in total. The van der Waals surface area contributed by atoms with Crippen LogP contribution in [0.15, 0.2) is 0 Å². The number of esters is 2. The molecule has 6 nitrogen and oxygen atoms in total. The molecule has 4 saturated carbocycles. The van der Waals surface area contributed by atoms with Gasteiger partial charge in [0, 0.05) is 37.5 Å². The molecular formula is C23H34O6. The Balaban J connectivity index is 1.71. The molecule has 6 heteroatoms. The van der Waals surface area contributed by atoms with Gasteiger partial charge in [-0.2, -0.15) is 0 Å². The van der Waals surface area contributed by atoms with E-state index in [1.165, 1.54) is 13.8 Å². The predicted molar refractivity (Wildman–Crippen MR) is 105 cm³/mol. The summed E-state index contributed by atoms with van der Waals surface area (Å²) in [5.41, 5.74) is -1.93. The Kier molecular flexibility index (Phi) is 4.88. The van der Waals surface area contributed by atoms with E-state index in [2.05, 4.69) is 13.8 Å². The van der Waals surface area contributed by atoms with E-state index in [4.69, 9.17) is 9.47 Å². The summed E-state index contributed by atoms with van der Waals surface area (Å²) in [5, 5.41) is 12.0. The van der Waals surface area contributed by atoms with Crippen LogP contribution in [0, 0.1) is 28.6 Å². The molecular weight excluding hydrogens is 372 g/mol. The molecule has 162 valence electrons. The molecule has 0 aromatic rings. The molecule has 4 rings (SSSR count).